The topological polar surface area (TPSA) is 121 Å². The number of aromatic amines is 1. The van der Waals surface area contributed by atoms with E-state index in [0.29, 0.717) is 29.0 Å². The van der Waals surface area contributed by atoms with Gasteiger partial charge in [0.2, 0.25) is 0 Å². The van der Waals surface area contributed by atoms with E-state index in [1.54, 1.807) is 43.5 Å². The summed E-state index contributed by atoms with van der Waals surface area (Å²) >= 11 is 0. The molecule has 3 N–H and O–H groups in total. The Morgan fingerprint density at radius 1 is 0.923 bits per heavy atom. The van der Waals surface area contributed by atoms with E-state index < -0.39 is 17.7 Å². The molecule has 9 nitrogen and oxygen atoms in total. The van der Waals surface area contributed by atoms with Crippen molar-refractivity contribution in [1.82, 2.24) is 9.88 Å². The lowest BCUT2D eigenvalue weighted by atomic mass is 9.94. The molecule has 0 unspecified atom stereocenters. The van der Waals surface area contributed by atoms with Crippen LogP contribution in [-0.2, 0) is 16.0 Å². The van der Waals surface area contributed by atoms with Crippen LogP contribution >= 0.6 is 0 Å². The highest BCUT2D eigenvalue weighted by Crippen LogP contribution is 2.42. The minimum Gasteiger partial charge on any atom is -0.507 e. The lowest BCUT2D eigenvalue weighted by Gasteiger charge is -2.26. The highest BCUT2D eigenvalue weighted by atomic mass is 16.5. The summed E-state index contributed by atoms with van der Waals surface area (Å²) in [5.74, 6) is -0.415. The molecule has 0 bridgehead atoms. The molecule has 1 amide bonds. The summed E-state index contributed by atoms with van der Waals surface area (Å²) in [6, 6.07) is 16.0. The van der Waals surface area contributed by atoms with E-state index in [4.69, 9.17) is 14.2 Å². The van der Waals surface area contributed by atoms with Crippen LogP contribution in [-0.4, -0.2) is 59.7 Å². The van der Waals surface area contributed by atoms with Crippen LogP contribution in [0.5, 0.6) is 23.0 Å². The maximum Gasteiger partial charge on any atom is 0.295 e. The predicted molar refractivity (Wildman–Crippen MR) is 145 cm³/mol. The molecule has 1 aromatic heterocycles. The summed E-state index contributed by atoms with van der Waals surface area (Å²) in [6.07, 6.45) is 2.31. The summed E-state index contributed by atoms with van der Waals surface area (Å²) in [6.45, 7) is 0.196. The number of aliphatic hydroxyl groups is 1. The van der Waals surface area contributed by atoms with Gasteiger partial charge in [0.1, 0.15) is 17.3 Å². The Labute approximate surface area is 224 Å². The standard InChI is InChI=1S/C30H28N2O7/c1-37-20-7-4-17(5-8-20)28(34)26-27(18-6-11-24(33)25(14-18)39-3)32(30(36)29(26)35)13-12-19-16-31-23-10-9-21(38-2)15-22(19)23/h4-11,14-16,27,31,33-34H,12-13H2,1-3H3/t27-/m1/s1. The van der Waals surface area contributed by atoms with E-state index in [1.165, 1.54) is 25.2 Å². The number of hydrogen-bond donors (Lipinski definition) is 3. The number of ether oxygens (including phenoxy) is 3. The van der Waals surface area contributed by atoms with Crippen molar-refractivity contribution in [2.24, 2.45) is 0 Å². The second kappa shape index (κ2) is 10.4. The van der Waals surface area contributed by atoms with E-state index in [9.17, 15) is 19.8 Å². The van der Waals surface area contributed by atoms with Gasteiger partial charge in [-0.05, 0) is 72.1 Å². The molecule has 1 aliphatic heterocycles. The molecule has 3 aromatic carbocycles. The minimum absolute atomic E-state index is 0.0431. The second-order valence-electron chi connectivity index (χ2n) is 9.13. The van der Waals surface area contributed by atoms with Gasteiger partial charge >= 0.3 is 0 Å². The Hall–Kier alpha value is -4.92. The number of aromatic hydroxyl groups is 1. The molecule has 1 fully saturated rings. The SMILES string of the molecule is COc1ccc(C(O)=C2C(=O)C(=O)N(CCc3c[nH]c4ccc(OC)cc34)[C@@H]2c2ccc(O)c(OC)c2)cc1. The van der Waals surface area contributed by atoms with Crippen molar-refractivity contribution in [2.45, 2.75) is 12.5 Å². The number of aromatic nitrogens is 1. The molecular weight excluding hydrogens is 500 g/mol. The van der Waals surface area contributed by atoms with Crippen LogP contribution in [0.25, 0.3) is 16.7 Å². The molecule has 1 saturated heterocycles. The number of methoxy groups -OCH3 is 3. The molecule has 0 radical (unpaired) electrons. The number of amides is 1. The number of benzene rings is 3. The average Bonchev–Trinajstić information content (AvgIpc) is 3.48. The average molecular weight is 529 g/mol. The number of phenols is 1. The first kappa shape index (κ1) is 25.7. The number of nitrogens with one attached hydrogen (secondary N) is 1. The van der Waals surface area contributed by atoms with Gasteiger partial charge < -0.3 is 34.3 Å². The Kier molecular flexibility index (Phi) is 6.89. The maximum absolute atomic E-state index is 13.4. The number of nitrogens with zero attached hydrogens (tertiary/aromatic N) is 1. The van der Waals surface area contributed by atoms with Gasteiger partial charge in [-0.15, -0.1) is 0 Å². The smallest absolute Gasteiger partial charge is 0.295 e. The third kappa shape index (κ3) is 4.63. The zero-order chi connectivity index (χ0) is 27.7. The molecule has 2 heterocycles. The number of rotatable bonds is 8. The van der Waals surface area contributed by atoms with Gasteiger partial charge in [-0.1, -0.05) is 6.07 Å². The number of H-pyrrole nitrogens is 1. The van der Waals surface area contributed by atoms with Crippen molar-refractivity contribution < 1.29 is 34.0 Å². The van der Waals surface area contributed by atoms with Gasteiger partial charge in [0, 0.05) is 29.2 Å². The first-order valence-corrected chi connectivity index (χ1v) is 12.3. The van der Waals surface area contributed by atoms with Gasteiger partial charge in [-0.3, -0.25) is 9.59 Å². The van der Waals surface area contributed by atoms with Crippen molar-refractivity contribution in [2.75, 3.05) is 27.9 Å². The van der Waals surface area contributed by atoms with Gasteiger partial charge in [0.25, 0.3) is 11.7 Å². The monoisotopic (exact) mass is 528 g/mol. The predicted octanol–water partition coefficient (Wildman–Crippen LogP) is 4.56. The van der Waals surface area contributed by atoms with E-state index in [2.05, 4.69) is 4.98 Å². The molecule has 0 saturated carbocycles. The van der Waals surface area contributed by atoms with Gasteiger partial charge in [0.15, 0.2) is 11.5 Å². The second-order valence-corrected chi connectivity index (χ2v) is 9.13. The maximum atomic E-state index is 13.4. The fraction of sp³-hybridized carbons (Fsp3) is 0.200. The molecule has 39 heavy (non-hydrogen) atoms. The van der Waals surface area contributed by atoms with Crippen LogP contribution in [0.4, 0.5) is 0 Å². The fourth-order valence-electron chi connectivity index (χ4n) is 4.96. The number of fused-ring (bicyclic) bond motifs is 1. The number of ketones is 1. The third-order valence-corrected chi connectivity index (χ3v) is 7.02. The number of carbonyl (C=O) groups is 2. The highest BCUT2D eigenvalue weighted by Gasteiger charge is 2.46. The Morgan fingerprint density at radius 3 is 2.33 bits per heavy atom. The Morgan fingerprint density at radius 2 is 1.64 bits per heavy atom. The van der Waals surface area contributed by atoms with Crippen molar-refractivity contribution in [3.05, 3.63) is 89.1 Å². The van der Waals surface area contributed by atoms with E-state index in [0.717, 1.165) is 16.5 Å². The highest BCUT2D eigenvalue weighted by molar-refractivity contribution is 6.46. The van der Waals surface area contributed by atoms with E-state index >= 15 is 0 Å². The zero-order valence-corrected chi connectivity index (χ0v) is 21.7. The van der Waals surface area contributed by atoms with Crippen molar-refractivity contribution in [3.8, 4) is 23.0 Å². The first-order chi connectivity index (χ1) is 18.9. The molecule has 200 valence electrons. The number of likely N-dealkylation sites (tertiary alicyclic amines) is 1. The third-order valence-electron chi connectivity index (χ3n) is 7.02. The Bertz CT molecular complexity index is 1590. The van der Waals surface area contributed by atoms with Crippen molar-refractivity contribution >= 4 is 28.4 Å². The van der Waals surface area contributed by atoms with Crippen molar-refractivity contribution in [3.63, 3.8) is 0 Å². The Balaban J connectivity index is 1.57. The first-order valence-electron chi connectivity index (χ1n) is 12.3. The lowest BCUT2D eigenvalue weighted by molar-refractivity contribution is -0.139. The molecular formula is C30H28N2O7. The summed E-state index contributed by atoms with van der Waals surface area (Å²) in [4.78, 5) is 31.4. The lowest BCUT2D eigenvalue weighted by Crippen LogP contribution is -2.31. The summed E-state index contributed by atoms with van der Waals surface area (Å²) in [7, 11) is 4.54. The quantitative estimate of drug-likeness (QED) is 0.174. The van der Waals surface area contributed by atoms with Crippen LogP contribution < -0.4 is 14.2 Å². The minimum atomic E-state index is -0.902. The fourth-order valence-corrected chi connectivity index (χ4v) is 4.96. The van der Waals surface area contributed by atoms with Gasteiger partial charge in [-0.25, -0.2) is 0 Å². The number of Topliss-reactive ketones (excluding diaryl/α,β-unsaturated/α-hetero) is 1. The number of phenolic OH excluding ortho intramolecular Hbond substituents is 1. The van der Waals surface area contributed by atoms with E-state index in [1.807, 2.05) is 24.4 Å². The van der Waals surface area contributed by atoms with Gasteiger partial charge in [0.05, 0.1) is 32.9 Å². The van der Waals surface area contributed by atoms with Crippen LogP contribution in [0.2, 0.25) is 0 Å². The summed E-state index contributed by atoms with van der Waals surface area (Å²) in [5.41, 5.74) is 2.71. The zero-order valence-electron chi connectivity index (χ0n) is 21.7. The van der Waals surface area contributed by atoms with Crippen molar-refractivity contribution in [1.29, 1.82) is 0 Å². The number of aliphatic hydroxyl groups excluding tert-OH is 1. The van der Waals surface area contributed by atoms with Crippen LogP contribution in [0.15, 0.2) is 72.4 Å². The summed E-state index contributed by atoms with van der Waals surface area (Å²) in [5, 5.41) is 22.4. The molecule has 5 rings (SSSR count). The molecule has 1 aliphatic rings. The summed E-state index contributed by atoms with van der Waals surface area (Å²) < 4.78 is 15.8. The van der Waals surface area contributed by atoms with Crippen LogP contribution in [0.1, 0.15) is 22.7 Å². The molecule has 1 atom stereocenters. The molecule has 0 aliphatic carbocycles. The van der Waals surface area contributed by atoms with E-state index in [-0.39, 0.29) is 29.4 Å². The number of hydrogen-bond acceptors (Lipinski definition) is 7. The van der Waals surface area contributed by atoms with Crippen LogP contribution in [0, 0.1) is 0 Å². The normalized spacial score (nSPS) is 16.6. The molecule has 4 aromatic rings. The molecule has 0 spiro atoms. The largest absolute Gasteiger partial charge is 0.507 e. The van der Waals surface area contributed by atoms with Crippen LogP contribution in [0.3, 0.4) is 0 Å². The van der Waals surface area contributed by atoms with Gasteiger partial charge in [-0.2, -0.15) is 0 Å². The molecule has 9 heteroatoms. The number of carbonyl (C=O) groups excluding carboxylic acids is 2.